The van der Waals surface area contributed by atoms with Gasteiger partial charge in [0.25, 0.3) is 0 Å². The van der Waals surface area contributed by atoms with Crippen molar-refractivity contribution in [3.8, 4) is 11.5 Å². The highest BCUT2D eigenvalue weighted by Gasteiger charge is 2.30. The average molecular weight is 397 g/mol. The summed E-state index contributed by atoms with van der Waals surface area (Å²) in [6, 6.07) is 9.14. The smallest absolute Gasteiger partial charge is 0.322 e. The van der Waals surface area contributed by atoms with Crippen molar-refractivity contribution >= 4 is 11.9 Å². The van der Waals surface area contributed by atoms with Gasteiger partial charge in [0.2, 0.25) is 11.8 Å². The monoisotopic (exact) mass is 396 g/mol. The number of benzene rings is 1. The number of nitrogens with one attached hydrogen (secondary N) is 1. The molecule has 156 valence electrons. The maximum absolute atomic E-state index is 12.8. The van der Waals surface area contributed by atoms with Crippen molar-refractivity contribution in [2.75, 3.05) is 11.9 Å². The van der Waals surface area contributed by atoms with Crippen LogP contribution in [0, 0.1) is 6.92 Å². The minimum absolute atomic E-state index is 0.0553. The molecule has 0 atom stereocenters. The Balaban J connectivity index is 1.40. The molecule has 2 aliphatic rings. The van der Waals surface area contributed by atoms with Crippen molar-refractivity contribution in [3.05, 3.63) is 29.8 Å². The molecule has 2 fully saturated rings. The van der Waals surface area contributed by atoms with E-state index >= 15 is 0 Å². The lowest BCUT2D eigenvalue weighted by Crippen LogP contribution is -2.48. The molecule has 0 bridgehead atoms. The first-order valence-corrected chi connectivity index (χ1v) is 11.2. The van der Waals surface area contributed by atoms with Gasteiger partial charge in [-0.3, -0.25) is 15.0 Å². The fourth-order valence-electron chi connectivity index (χ4n) is 4.79. The molecule has 1 amide bonds. The maximum atomic E-state index is 12.8. The summed E-state index contributed by atoms with van der Waals surface area (Å²) < 4.78 is 5.68. The number of nitrogens with zero attached hydrogens (tertiary/aromatic N) is 3. The van der Waals surface area contributed by atoms with Crippen molar-refractivity contribution in [2.45, 2.75) is 83.2 Å². The van der Waals surface area contributed by atoms with Crippen LogP contribution in [0.5, 0.6) is 0 Å². The summed E-state index contributed by atoms with van der Waals surface area (Å²) in [5.41, 5.74) is 2.03. The van der Waals surface area contributed by atoms with Crippen LogP contribution in [0.3, 0.4) is 0 Å². The Labute approximate surface area is 173 Å². The van der Waals surface area contributed by atoms with Crippen molar-refractivity contribution in [3.63, 3.8) is 0 Å². The molecular formula is C23H32N4O2. The Morgan fingerprint density at radius 2 is 1.55 bits per heavy atom. The number of carbonyl (C=O) groups is 1. The van der Waals surface area contributed by atoms with Gasteiger partial charge in [-0.15, -0.1) is 5.10 Å². The standard InChI is InChI=1S/C23H32N4O2/c1-17-12-14-18(15-13-17)22-25-26-23(29-22)24-21(28)16-27(19-8-4-2-5-9-19)20-10-6-3-7-11-20/h12-15,19-20H,2-11,16H2,1H3,(H,24,26,28). The maximum Gasteiger partial charge on any atom is 0.322 e. The van der Waals surface area contributed by atoms with Crippen molar-refractivity contribution in [2.24, 2.45) is 0 Å². The van der Waals surface area contributed by atoms with E-state index < -0.39 is 0 Å². The molecule has 2 aromatic rings. The van der Waals surface area contributed by atoms with Crippen LogP contribution in [0.4, 0.5) is 6.01 Å². The van der Waals surface area contributed by atoms with Crippen LogP contribution in [0.1, 0.15) is 69.8 Å². The Bertz CT molecular complexity index is 771. The molecule has 1 aromatic heterocycles. The predicted octanol–water partition coefficient (Wildman–Crippen LogP) is 4.95. The number of aryl methyl sites for hydroxylation is 1. The average Bonchev–Trinajstić information content (AvgIpc) is 3.22. The van der Waals surface area contributed by atoms with Gasteiger partial charge in [0.1, 0.15) is 0 Å². The molecule has 29 heavy (non-hydrogen) atoms. The van der Waals surface area contributed by atoms with E-state index in [-0.39, 0.29) is 11.9 Å². The Morgan fingerprint density at radius 1 is 0.966 bits per heavy atom. The largest absolute Gasteiger partial charge is 0.403 e. The fraction of sp³-hybridized carbons (Fsp3) is 0.609. The van der Waals surface area contributed by atoms with E-state index in [4.69, 9.17) is 4.42 Å². The quantitative estimate of drug-likeness (QED) is 0.748. The van der Waals surface area contributed by atoms with Gasteiger partial charge in [-0.1, -0.05) is 61.3 Å². The van der Waals surface area contributed by atoms with E-state index in [1.54, 1.807) is 0 Å². The highest BCUT2D eigenvalue weighted by Crippen LogP contribution is 2.30. The van der Waals surface area contributed by atoms with E-state index in [9.17, 15) is 4.79 Å². The minimum Gasteiger partial charge on any atom is -0.403 e. The Kier molecular flexibility index (Phi) is 6.60. The number of aromatic nitrogens is 2. The predicted molar refractivity (Wildman–Crippen MR) is 114 cm³/mol. The Morgan fingerprint density at radius 3 is 2.14 bits per heavy atom. The molecule has 0 unspecified atom stereocenters. The van der Waals surface area contributed by atoms with Crippen LogP contribution in [0.2, 0.25) is 0 Å². The second kappa shape index (κ2) is 9.53. The van der Waals surface area contributed by atoms with E-state index in [1.165, 1.54) is 69.8 Å². The lowest BCUT2D eigenvalue weighted by Gasteiger charge is -2.41. The highest BCUT2D eigenvalue weighted by atomic mass is 16.4. The van der Waals surface area contributed by atoms with Crippen LogP contribution < -0.4 is 5.32 Å². The zero-order valence-electron chi connectivity index (χ0n) is 17.4. The lowest BCUT2D eigenvalue weighted by atomic mass is 9.88. The summed E-state index contributed by atoms with van der Waals surface area (Å²) in [7, 11) is 0. The first-order chi connectivity index (χ1) is 14.2. The molecule has 0 radical (unpaired) electrons. The highest BCUT2D eigenvalue weighted by molar-refractivity contribution is 5.90. The van der Waals surface area contributed by atoms with Crippen molar-refractivity contribution in [1.82, 2.24) is 15.1 Å². The van der Waals surface area contributed by atoms with Gasteiger partial charge in [0.15, 0.2) is 0 Å². The summed E-state index contributed by atoms with van der Waals surface area (Å²) in [6.07, 6.45) is 12.6. The zero-order valence-corrected chi connectivity index (χ0v) is 17.4. The van der Waals surface area contributed by atoms with Crippen molar-refractivity contribution in [1.29, 1.82) is 0 Å². The molecule has 6 heteroatoms. The third kappa shape index (κ3) is 5.24. The number of hydrogen-bond acceptors (Lipinski definition) is 5. The minimum atomic E-state index is -0.0553. The van der Waals surface area contributed by atoms with Crippen LogP contribution in [-0.2, 0) is 4.79 Å². The first kappa shape index (κ1) is 20.1. The van der Waals surface area contributed by atoms with Gasteiger partial charge >= 0.3 is 6.01 Å². The SMILES string of the molecule is Cc1ccc(-c2nnc(NC(=O)CN(C3CCCCC3)C3CCCCC3)o2)cc1. The molecule has 0 aliphatic heterocycles. The molecule has 0 spiro atoms. The van der Waals surface area contributed by atoms with Crippen LogP contribution in [0.25, 0.3) is 11.5 Å². The summed E-state index contributed by atoms with van der Waals surface area (Å²) in [5.74, 6) is 0.372. The van der Waals surface area contributed by atoms with Crippen LogP contribution in [0.15, 0.2) is 28.7 Å². The summed E-state index contributed by atoms with van der Waals surface area (Å²) in [5, 5.41) is 10.9. The molecule has 2 aliphatic carbocycles. The molecule has 1 aromatic carbocycles. The van der Waals surface area contributed by atoms with E-state index in [0.717, 1.165) is 5.56 Å². The van der Waals surface area contributed by atoms with Crippen LogP contribution >= 0.6 is 0 Å². The number of hydrogen-bond donors (Lipinski definition) is 1. The third-order valence-corrected chi connectivity index (χ3v) is 6.38. The molecule has 4 rings (SSSR count). The second-order valence-electron chi connectivity index (χ2n) is 8.58. The van der Waals surface area contributed by atoms with Gasteiger partial charge in [0.05, 0.1) is 6.54 Å². The normalized spacial score (nSPS) is 18.8. The molecule has 2 saturated carbocycles. The van der Waals surface area contributed by atoms with E-state index in [0.29, 0.717) is 24.5 Å². The van der Waals surface area contributed by atoms with E-state index in [1.807, 2.05) is 31.2 Å². The number of carbonyl (C=O) groups excluding carboxylic acids is 1. The molecule has 1 N–H and O–H groups in total. The third-order valence-electron chi connectivity index (χ3n) is 6.38. The van der Waals surface area contributed by atoms with Crippen molar-refractivity contribution < 1.29 is 9.21 Å². The zero-order chi connectivity index (χ0) is 20.1. The second-order valence-corrected chi connectivity index (χ2v) is 8.58. The van der Waals surface area contributed by atoms with Gasteiger partial charge in [-0.05, 0) is 44.7 Å². The number of amides is 1. The lowest BCUT2D eigenvalue weighted by molar-refractivity contribution is -0.119. The van der Waals surface area contributed by atoms with Gasteiger partial charge < -0.3 is 4.42 Å². The summed E-state index contributed by atoms with van der Waals surface area (Å²) in [4.78, 5) is 15.3. The summed E-state index contributed by atoms with van der Waals surface area (Å²) in [6.45, 7) is 2.45. The molecule has 0 saturated heterocycles. The fourth-order valence-corrected chi connectivity index (χ4v) is 4.79. The van der Waals surface area contributed by atoms with E-state index in [2.05, 4.69) is 20.4 Å². The Hall–Kier alpha value is -2.21. The first-order valence-electron chi connectivity index (χ1n) is 11.2. The van der Waals surface area contributed by atoms with Gasteiger partial charge in [0, 0.05) is 17.6 Å². The van der Waals surface area contributed by atoms with Gasteiger partial charge in [-0.25, -0.2) is 0 Å². The molecule has 6 nitrogen and oxygen atoms in total. The van der Waals surface area contributed by atoms with Gasteiger partial charge in [-0.2, -0.15) is 0 Å². The topological polar surface area (TPSA) is 71.3 Å². The number of anilines is 1. The van der Waals surface area contributed by atoms with Crippen LogP contribution in [-0.4, -0.2) is 39.6 Å². The summed E-state index contributed by atoms with van der Waals surface area (Å²) >= 11 is 0. The molecular weight excluding hydrogens is 364 g/mol. The number of rotatable bonds is 6. The molecule has 1 heterocycles.